The molecule has 4 nitrogen and oxygen atoms in total. The van der Waals surface area contributed by atoms with Gasteiger partial charge in [-0.05, 0) is 25.7 Å². The van der Waals surface area contributed by atoms with Crippen LogP contribution in [0.25, 0.3) is 0 Å². The number of amides is 1. The summed E-state index contributed by atoms with van der Waals surface area (Å²) in [5.74, 6) is -2.38. The lowest BCUT2D eigenvalue weighted by molar-refractivity contribution is -0.151. The van der Waals surface area contributed by atoms with E-state index in [9.17, 15) is 9.59 Å². The van der Waals surface area contributed by atoms with Crippen LogP contribution in [-0.2, 0) is 9.59 Å². The number of aliphatic carboxylic acids is 1. The molecule has 4 heteroatoms. The smallest absolute Gasteiger partial charge is 0.394 e. The quantitative estimate of drug-likeness (QED) is 0.664. The van der Waals surface area contributed by atoms with Gasteiger partial charge in [-0.3, -0.25) is 4.79 Å². The normalized spacial score (nSPS) is 12.4. The lowest BCUT2D eigenvalue weighted by Crippen LogP contribution is -2.48. The van der Waals surface area contributed by atoms with Crippen LogP contribution >= 0.6 is 0 Å². The molecule has 14 heavy (non-hydrogen) atoms. The van der Waals surface area contributed by atoms with Gasteiger partial charge < -0.3 is 10.4 Å². The van der Waals surface area contributed by atoms with Crippen molar-refractivity contribution < 1.29 is 14.7 Å². The van der Waals surface area contributed by atoms with Crippen LogP contribution in [0.4, 0.5) is 0 Å². The van der Waals surface area contributed by atoms with Gasteiger partial charge in [-0.15, -0.1) is 0 Å². The van der Waals surface area contributed by atoms with E-state index < -0.39 is 17.4 Å². The molecular weight excluding hydrogens is 182 g/mol. The van der Waals surface area contributed by atoms with Crippen molar-refractivity contribution in [3.63, 3.8) is 0 Å². The van der Waals surface area contributed by atoms with Crippen molar-refractivity contribution in [1.29, 1.82) is 0 Å². The van der Waals surface area contributed by atoms with Crippen molar-refractivity contribution in [1.82, 2.24) is 5.32 Å². The molecule has 0 aromatic carbocycles. The van der Waals surface area contributed by atoms with E-state index in [1.54, 1.807) is 0 Å². The number of carbonyl (C=O) groups excluding carboxylic acids is 1. The predicted molar refractivity (Wildman–Crippen MR) is 53.9 cm³/mol. The van der Waals surface area contributed by atoms with E-state index in [0.717, 1.165) is 6.42 Å². The molecule has 0 unspecified atom stereocenters. The van der Waals surface area contributed by atoms with Gasteiger partial charge in [0.1, 0.15) is 0 Å². The van der Waals surface area contributed by atoms with Crippen LogP contribution in [0.2, 0.25) is 0 Å². The molecule has 82 valence electrons. The Morgan fingerprint density at radius 3 is 1.86 bits per heavy atom. The van der Waals surface area contributed by atoms with Crippen LogP contribution in [0.5, 0.6) is 0 Å². The number of hydrogen-bond acceptors (Lipinski definition) is 2. The first-order chi connectivity index (χ1) is 6.03. The van der Waals surface area contributed by atoms with Crippen LogP contribution in [0.1, 0.15) is 41.0 Å². The molecule has 0 aliphatic rings. The molecule has 0 bridgehead atoms. The van der Waals surface area contributed by atoms with Crippen LogP contribution < -0.4 is 5.32 Å². The van der Waals surface area contributed by atoms with Gasteiger partial charge in [-0.1, -0.05) is 20.8 Å². The minimum atomic E-state index is -1.44. The van der Waals surface area contributed by atoms with Crippen molar-refractivity contribution in [3.8, 4) is 0 Å². The van der Waals surface area contributed by atoms with Crippen LogP contribution in [-0.4, -0.2) is 22.5 Å². The fraction of sp³-hybridized carbons (Fsp3) is 0.800. The molecule has 0 aliphatic carbocycles. The molecule has 0 atom stereocenters. The Kier molecular flexibility index (Phi) is 3.68. The summed E-state index contributed by atoms with van der Waals surface area (Å²) in [4.78, 5) is 21.3. The second-order valence-corrected chi connectivity index (χ2v) is 5.38. The van der Waals surface area contributed by atoms with Crippen LogP contribution in [0.15, 0.2) is 0 Å². The number of carboxylic acids is 1. The third kappa shape index (κ3) is 5.56. The van der Waals surface area contributed by atoms with E-state index in [2.05, 4.69) is 5.32 Å². The van der Waals surface area contributed by atoms with Gasteiger partial charge in [0.2, 0.25) is 0 Å². The van der Waals surface area contributed by atoms with Crippen molar-refractivity contribution >= 4 is 11.9 Å². The zero-order valence-electron chi connectivity index (χ0n) is 9.47. The maximum atomic E-state index is 10.9. The van der Waals surface area contributed by atoms with Crippen LogP contribution in [0, 0.1) is 5.41 Å². The SMILES string of the molecule is CC(C)(C)CC(C)(C)NC(=O)C(=O)O. The maximum Gasteiger partial charge on any atom is 0.394 e. The minimum Gasteiger partial charge on any atom is -0.474 e. The number of rotatable bonds is 2. The van der Waals surface area contributed by atoms with Crippen molar-refractivity contribution in [2.75, 3.05) is 0 Å². The molecule has 0 heterocycles. The highest BCUT2D eigenvalue weighted by atomic mass is 16.4. The standard InChI is InChI=1S/C10H19NO3/c1-9(2,3)6-10(4,5)11-7(12)8(13)14/h6H2,1-5H3,(H,11,12)(H,13,14). The Bertz CT molecular complexity index is 238. The molecule has 0 aliphatic heterocycles. The average molecular weight is 201 g/mol. The van der Waals surface area contributed by atoms with E-state index in [1.165, 1.54) is 0 Å². The number of hydrogen-bond donors (Lipinski definition) is 2. The first kappa shape index (κ1) is 12.9. The third-order valence-electron chi connectivity index (χ3n) is 1.62. The largest absolute Gasteiger partial charge is 0.474 e. The highest BCUT2D eigenvalue weighted by molar-refractivity contribution is 6.31. The highest BCUT2D eigenvalue weighted by Crippen LogP contribution is 2.26. The topological polar surface area (TPSA) is 66.4 Å². The van der Waals surface area contributed by atoms with Crippen molar-refractivity contribution in [2.45, 2.75) is 46.6 Å². The second-order valence-electron chi connectivity index (χ2n) is 5.38. The number of carbonyl (C=O) groups is 2. The van der Waals surface area contributed by atoms with E-state index in [-0.39, 0.29) is 5.41 Å². The predicted octanol–water partition coefficient (Wildman–Crippen LogP) is 1.40. The molecule has 0 fully saturated rings. The maximum absolute atomic E-state index is 10.9. The Morgan fingerprint density at radius 2 is 1.57 bits per heavy atom. The molecule has 0 radical (unpaired) electrons. The van der Waals surface area contributed by atoms with E-state index >= 15 is 0 Å². The average Bonchev–Trinajstić information content (AvgIpc) is 1.78. The Balaban J connectivity index is 4.35. The Morgan fingerprint density at radius 1 is 1.14 bits per heavy atom. The van der Waals surface area contributed by atoms with E-state index in [4.69, 9.17) is 5.11 Å². The molecule has 0 spiro atoms. The molecular formula is C10H19NO3. The first-order valence-corrected chi connectivity index (χ1v) is 4.59. The molecule has 2 N–H and O–H groups in total. The van der Waals surface area contributed by atoms with Crippen molar-refractivity contribution in [2.24, 2.45) is 5.41 Å². The summed E-state index contributed by atoms with van der Waals surface area (Å²) in [6, 6.07) is 0. The summed E-state index contributed by atoms with van der Waals surface area (Å²) in [7, 11) is 0. The summed E-state index contributed by atoms with van der Waals surface area (Å²) >= 11 is 0. The van der Waals surface area contributed by atoms with Gasteiger partial charge in [0.05, 0.1) is 0 Å². The van der Waals surface area contributed by atoms with Crippen molar-refractivity contribution in [3.05, 3.63) is 0 Å². The third-order valence-corrected chi connectivity index (χ3v) is 1.62. The Labute approximate surface area is 84.7 Å². The number of nitrogens with one attached hydrogen (secondary N) is 1. The van der Waals surface area contributed by atoms with Gasteiger partial charge in [0.15, 0.2) is 0 Å². The summed E-state index contributed by atoms with van der Waals surface area (Å²) in [6.07, 6.45) is 0.721. The summed E-state index contributed by atoms with van der Waals surface area (Å²) in [5, 5.41) is 10.9. The molecule has 0 rings (SSSR count). The summed E-state index contributed by atoms with van der Waals surface area (Å²) < 4.78 is 0. The van der Waals surface area contributed by atoms with E-state index in [0.29, 0.717) is 0 Å². The molecule has 1 amide bonds. The zero-order chi connectivity index (χ0) is 11.6. The highest BCUT2D eigenvalue weighted by Gasteiger charge is 2.28. The molecule has 0 saturated carbocycles. The van der Waals surface area contributed by atoms with Gasteiger partial charge in [-0.2, -0.15) is 0 Å². The summed E-state index contributed by atoms with van der Waals surface area (Å²) in [5.41, 5.74) is -0.441. The Hall–Kier alpha value is -1.06. The molecule has 0 saturated heterocycles. The number of carboxylic acid groups (broad SMARTS) is 1. The molecule has 0 aromatic heterocycles. The lowest BCUT2D eigenvalue weighted by Gasteiger charge is -2.32. The minimum absolute atomic E-state index is 0.0509. The van der Waals surface area contributed by atoms with E-state index in [1.807, 2.05) is 34.6 Å². The van der Waals surface area contributed by atoms with Gasteiger partial charge in [0.25, 0.3) is 0 Å². The lowest BCUT2D eigenvalue weighted by atomic mass is 9.82. The first-order valence-electron chi connectivity index (χ1n) is 4.59. The van der Waals surface area contributed by atoms with Gasteiger partial charge >= 0.3 is 11.9 Å². The zero-order valence-corrected chi connectivity index (χ0v) is 9.47. The monoisotopic (exact) mass is 201 g/mol. The summed E-state index contributed by atoms with van der Waals surface area (Å²) in [6.45, 7) is 9.77. The van der Waals surface area contributed by atoms with Gasteiger partial charge in [-0.25, -0.2) is 4.79 Å². The fourth-order valence-electron chi connectivity index (χ4n) is 1.73. The molecule has 0 aromatic rings. The fourth-order valence-corrected chi connectivity index (χ4v) is 1.73. The van der Waals surface area contributed by atoms with Crippen LogP contribution in [0.3, 0.4) is 0 Å². The second kappa shape index (κ2) is 3.98. The van der Waals surface area contributed by atoms with Gasteiger partial charge in [0, 0.05) is 5.54 Å².